The molecule has 0 fully saturated rings. The summed E-state index contributed by atoms with van der Waals surface area (Å²) in [5, 5.41) is 0.926. The predicted octanol–water partition coefficient (Wildman–Crippen LogP) is 4.60. The molecule has 0 aliphatic carbocycles. The van der Waals surface area contributed by atoms with Gasteiger partial charge in [0.25, 0.3) is 5.91 Å². The van der Waals surface area contributed by atoms with Crippen LogP contribution in [0.1, 0.15) is 31.5 Å². The van der Waals surface area contributed by atoms with Crippen molar-refractivity contribution in [1.82, 2.24) is 9.88 Å². The fourth-order valence-corrected chi connectivity index (χ4v) is 3.57. The number of hydrogen-bond acceptors (Lipinski definition) is 3. The number of hydrogen-bond donors (Lipinski definition) is 0. The van der Waals surface area contributed by atoms with E-state index in [0.717, 1.165) is 26.7 Å². The molecule has 122 valence electrons. The van der Waals surface area contributed by atoms with Crippen LogP contribution in [0.3, 0.4) is 0 Å². The van der Waals surface area contributed by atoms with Crippen LogP contribution in [0.4, 0.5) is 0 Å². The lowest BCUT2D eigenvalue weighted by Crippen LogP contribution is -2.30. The van der Waals surface area contributed by atoms with E-state index in [-0.39, 0.29) is 5.91 Å². The van der Waals surface area contributed by atoms with Gasteiger partial charge in [-0.1, -0.05) is 60.7 Å². The number of nitrogens with zero attached hydrogens (tertiary/aromatic N) is 2. The highest BCUT2D eigenvalue weighted by molar-refractivity contribution is 7.13. The van der Waals surface area contributed by atoms with Gasteiger partial charge in [-0.25, -0.2) is 4.98 Å². The van der Waals surface area contributed by atoms with Crippen LogP contribution in [0.2, 0.25) is 0 Å². The van der Waals surface area contributed by atoms with Gasteiger partial charge in [-0.2, -0.15) is 0 Å². The molecule has 0 aliphatic rings. The monoisotopic (exact) mass is 336 g/mol. The second-order valence-corrected chi connectivity index (χ2v) is 6.98. The molecule has 0 spiro atoms. The van der Waals surface area contributed by atoms with Crippen LogP contribution < -0.4 is 0 Å². The Kier molecular flexibility index (Phi) is 5.06. The number of amides is 1. The van der Waals surface area contributed by atoms with Crippen molar-refractivity contribution in [1.29, 1.82) is 0 Å². The molecule has 24 heavy (non-hydrogen) atoms. The van der Waals surface area contributed by atoms with Gasteiger partial charge >= 0.3 is 0 Å². The Morgan fingerprint density at radius 2 is 1.42 bits per heavy atom. The van der Waals surface area contributed by atoms with E-state index in [1.54, 1.807) is 0 Å². The topological polar surface area (TPSA) is 33.2 Å². The fourth-order valence-electron chi connectivity index (χ4n) is 2.68. The Bertz CT molecular complexity index is 771. The first-order valence-corrected chi connectivity index (χ1v) is 8.76. The molecule has 2 aromatic carbocycles. The molecule has 0 aliphatic heterocycles. The smallest absolute Gasteiger partial charge is 0.266 e. The van der Waals surface area contributed by atoms with Crippen LogP contribution in [0.15, 0.2) is 60.7 Å². The Labute approximate surface area is 146 Å². The summed E-state index contributed by atoms with van der Waals surface area (Å²) in [6.07, 6.45) is 0. The third-order valence-corrected chi connectivity index (χ3v) is 4.88. The number of carbonyl (C=O) groups is 1. The first-order chi connectivity index (χ1) is 11.6. The van der Waals surface area contributed by atoms with Gasteiger partial charge < -0.3 is 4.90 Å². The van der Waals surface area contributed by atoms with Crippen molar-refractivity contribution in [2.24, 2.45) is 0 Å². The van der Waals surface area contributed by atoms with Crippen LogP contribution in [0, 0.1) is 13.8 Å². The summed E-state index contributed by atoms with van der Waals surface area (Å²) in [6, 6.07) is 20.2. The number of benzene rings is 2. The molecule has 0 N–H and O–H groups in total. The van der Waals surface area contributed by atoms with Crippen LogP contribution in [0.5, 0.6) is 0 Å². The van der Waals surface area contributed by atoms with E-state index in [9.17, 15) is 4.79 Å². The van der Waals surface area contributed by atoms with Crippen molar-refractivity contribution in [3.05, 3.63) is 87.4 Å². The largest absolute Gasteiger partial charge is 0.329 e. The molecule has 0 radical (unpaired) electrons. The summed E-state index contributed by atoms with van der Waals surface area (Å²) in [5.41, 5.74) is 3.06. The summed E-state index contributed by atoms with van der Waals surface area (Å²) in [7, 11) is 0. The first-order valence-electron chi connectivity index (χ1n) is 7.94. The van der Waals surface area contributed by atoms with Gasteiger partial charge in [-0.05, 0) is 25.0 Å². The van der Waals surface area contributed by atoms with Crippen LogP contribution in [-0.2, 0) is 13.1 Å². The van der Waals surface area contributed by atoms with E-state index < -0.39 is 0 Å². The molecular formula is C20H20N2OS. The molecule has 1 heterocycles. The Hall–Kier alpha value is -2.46. The highest BCUT2D eigenvalue weighted by Gasteiger charge is 2.21. The summed E-state index contributed by atoms with van der Waals surface area (Å²) in [5.74, 6) is 0.0470. The summed E-state index contributed by atoms with van der Waals surface area (Å²) in [4.78, 5) is 20.1. The van der Waals surface area contributed by atoms with Gasteiger partial charge in [0.05, 0.1) is 10.7 Å². The molecule has 0 bridgehead atoms. The molecule has 0 unspecified atom stereocenters. The van der Waals surface area contributed by atoms with E-state index in [4.69, 9.17) is 0 Å². The minimum absolute atomic E-state index is 0.0470. The molecule has 1 amide bonds. The van der Waals surface area contributed by atoms with Gasteiger partial charge in [0.1, 0.15) is 4.88 Å². The molecule has 1 aromatic heterocycles. The zero-order valence-electron chi connectivity index (χ0n) is 13.9. The maximum Gasteiger partial charge on any atom is 0.266 e. The minimum atomic E-state index is 0.0470. The highest BCUT2D eigenvalue weighted by atomic mass is 32.1. The van der Waals surface area contributed by atoms with E-state index >= 15 is 0 Å². The van der Waals surface area contributed by atoms with E-state index in [1.807, 2.05) is 55.1 Å². The molecule has 4 heteroatoms. The second-order valence-electron chi connectivity index (χ2n) is 5.78. The maximum atomic E-state index is 13.1. The third-order valence-electron chi connectivity index (χ3n) is 3.82. The lowest BCUT2D eigenvalue weighted by Gasteiger charge is -2.22. The van der Waals surface area contributed by atoms with Crippen LogP contribution in [-0.4, -0.2) is 15.8 Å². The Morgan fingerprint density at radius 1 is 0.917 bits per heavy atom. The second kappa shape index (κ2) is 7.41. The molecule has 3 aromatic rings. The number of aryl methyl sites for hydroxylation is 2. The molecule has 3 nitrogen and oxygen atoms in total. The predicted molar refractivity (Wildman–Crippen MR) is 98.0 cm³/mol. The van der Waals surface area contributed by atoms with Crippen molar-refractivity contribution in [3.63, 3.8) is 0 Å². The van der Waals surface area contributed by atoms with Gasteiger partial charge in [0.15, 0.2) is 0 Å². The SMILES string of the molecule is Cc1nc(C)c(C(=O)N(Cc2ccccc2)Cc2ccccc2)s1. The van der Waals surface area contributed by atoms with Crippen molar-refractivity contribution >= 4 is 17.2 Å². The minimum Gasteiger partial charge on any atom is -0.329 e. The van der Waals surface area contributed by atoms with Crippen molar-refractivity contribution < 1.29 is 4.79 Å². The van der Waals surface area contributed by atoms with Gasteiger partial charge in [-0.3, -0.25) is 4.79 Å². The van der Waals surface area contributed by atoms with E-state index in [1.165, 1.54) is 11.3 Å². The van der Waals surface area contributed by atoms with Gasteiger partial charge in [0.2, 0.25) is 0 Å². The molecule has 3 rings (SSSR count). The molecule has 0 saturated heterocycles. The molecular weight excluding hydrogens is 316 g/mol. The maximum absolute atomic E-state index is 13.1. The van der Waals surface area contributed by atoms with Crippen molar-refractivity contribution in [3.8, 4) is 0 Å². The quantitative estimate of drug-likeness (QED) is 0.682. The van der Waals surface area contributed by atoms with Crippen LogP contribution in [0.25, 0.3) is 0 Å². The summed E-state index contributed by atoms with van der Waals surface area (Å²) >= 11 is 1.47. The number of rotatable bonds is 5. The van der Waals surface area contributed by atoms with Crippen molar-refractivity contribution in [2.75, 3.05) is 0 Å². The summed E-state index contributed by atoms with van der Waals surface area (Å²) in [6.45, 7) is 5.02. The normalized spacial score (nSPS) is 10.6. The lowest BCUT2D eigenvalue weighted by atomic mass is 10.1. The number of carbonyl (C=O) groups excluding carboxylic acids is 1. The van der Waals surface area contributed by atoms with Gasteiger partial charge in [0, 0.05) is 13.1 Å². The standard InChI is InChI=1S/C20H20N2OS/c1-15-19(24-16(2)21-15)20(23)22(13-17-9-5-3-6-10-17)14-18-11-7-4-8-12-18/h3-12H,13-14H2,1-2H3. The number of aromatic nitrogens is 1. The van der Waals surface area contributed by atoms with Crippen LogP contribution >= 0.6 is 11.3 Å². The van der Waals surface area contributed by atoms with Crippen molar-refractivity contribution in [2.45, 2.75) is 26.9 Å². The summed E-state index contributed by atoms with van der Waals surface area (Å²) < 4.78 is 0. The third kappa shape index (κ3) is 3.89. The first kappa shape index (κ1) is 16.4. The zero-order chi connectivity index (χ0) is 16.9. The average molecular weight is 336 g/mol. The van der Waals surface area contributed by atoms with E-state index in [2.05, 4.69) is 29.2 Å². The Morgan fingerprint density at radius 3 is 1.83 bits per heavy atom. The molecule has 0 atom stereocenters. The molecule has 0 saturated carbocycles. The fraction of sp³-hybridized carbons (Fsp3) is 0.200. The highest BCUT2D eigenvalue weighted by Crippen LogP contribution is 2.21. The lowest BCUT2D eigenvalue weighted by molar-refractivity contribution is 0.0734. The van der Waals surface area contributed by atoms with Gasteiger partial charge in [-0.15, -0.1) is 11.3 Å². The van der Waals surface area contributed by atoms with E-state index in [0.29, 0.717) is 13.1 Å². The number of thiazole rings is 1. The zero-order valence-corrected chi connectivity index (χ0v) is 14.7. The average Bonchev–Trinajstić information content (AvgIpc) is 2.94. The Balaban J connectivity index is 1.89.